The Balaban J connectivity index is 0.00000220. The summed E-state index contributed by atoms with van der Waals surface area (Å²) in [6.45, 7) is 6.90. The first-order valence-electron chi connectivity index (χ1n) is 6.47. The van der Waals surface area contributed by atoms with E-state index >= 15 is 0 Å². The van der Waals surface area contributed by atoms with Crippen LogP contribution in [-0.2, 0) is 21.0 Å². The molecule has 4 nitrogen and oxygen atoms in total. The quantitative estimate of drug-likeness (QED) is 0.326. The SMILES string of the molecule is CC(C)(O[O-])c1ccc2cc(C(C)(C)O[O-])ccc2c1.[Na+].[Na+]. The molecular weight excluding hydrogens is 302 g/mol. The molecule has 0 aliphatic rings. The molecule has 0 atom stereocenters. The fourth-order valence-corrected chi connectivity index (χ4v) is 2.09. The van der Waals surface area contributed by atoms with Gasteiger partial charge in [-0.2, -0.15) is 0 Å². The molecule has 0 spiro atoms. The van der Waals surface area contributed by atoms with Gasteiger partial charge < -0.3 is 20.3 Å². The van der Waals surface area contributed by atoms with Crippen molar-refractivity contribution in [1.82, 2.24) is 0 Å². The molecule has 108 valence electrons. The molecule has 0 radical (unpaired) electrons. The molecule has 0 N–H and O–H groups in total. The molecule has 0 aromatic heterocycles. The molecule has 0 aliphatic carbocycles. The summed E-state index contributed by atoms with van der Waals surface area (Å²) in [7, 11) is 0. The molecule has 0 aliphatic heterocycles. The zero-order chi connectivity index (χ0) is 15.0. The first-order valence-corrected chi connectivity index (χ1v) is 6.47. The second-order valence-corrected chi connectivity index (χ2v) is 5.96. The molecule has 0 fully saturated rings. The molecule has 0 saturated carbocycles. The first-order chi connectivity index (χ1) is 9.30. The number of hydrogen-bond acceptors (Lipinski definition) is 4. The largest absolute Gasteiger partial charge is 1.00 e. The van der Waals surface area contributed by atoms with Crippen LogP contribution < -0.4 is 69.6 Å². The van der Waals surface area contributed by atoms with Crippen LogP contribution >= 0.6 is 0 Å². The Labute approximate surface area is 175 Å². The van der Waals surface area contributed by atoms with E-state index in [2.05, 4.69) is 9.78 Å². The van der Waals surface area contributed by atoms with Gasteiger partial charge in [0.15, 0.2) is 0 Å². The number of hydrogen-bond donors (Lipinski definition) is 0. The molecule has 0 heterocycles. The van der Waals surface area contributed by atoms with Crippen molar-refractivity contribution in [3.05, 3.63) is 47.5 Å². The van der Waals surface area contributed by atoms with Crippen molar-refractivity contribution < 1.29 is 79.4 Å². The van der Waals surface area contributed by atoms with E-state index in [1.165, 1.54) is 0 Å². The molecule has 22 heavy (non-hydrogen) atoms. The maximum atomic E-state index is 10.8. The van der Waals surface area contributed by atoms with Crippen LogP contribution in [-0.4, -0.2) is 0 Å². The van der Waals surface area contributed by atoms with Crippen molar-refractivity contribution in [3.8, 4) is 0 Å². The summed E-state index contributed by atoms with van der Waals surface area (Å²) in [5, 5.41) is 23.5. The Hall–Kier alpha value is 0.540. The third kappa shape index (κ3) is 4.77. The second kappa shape index (κ2) is 8.58. The predicted octanol–water partition coefficient (Wildman–Crippen LogP) is -4.10. The summed E-state index contributed by atoms with van der Waals surface area (Å²) >= 11 is 0. The van der Waals surface area contributed by atoms with Crippen LogP contribution in [0.15, 0.2) is 36.4 Å². The number of benzene rings is 2. The molecule has 6 heteroatoms. The van der Waals surface area contributed by atoms with Gasteiger partial charge in [0.2, 0.25) is 0 Å². The molecule has 0 bridgehead atoms. The van der Waals surface area contributed by atoms with Crippen molar-refractivity contribution >= 4 is 10.8 Å². The van der Waals surface area contributed by atoms with Gasteiger partial charge in [-0.1, -0.05) is 24.3 Å². The standard InChI is InChI=1S/C16H20O4.2Na/c1-15(2,19-17)13-7-5-12-10-14(16(3,4)20-18)8-6-11(12)9-13;;/h5-10,17-18H,1-4H3;;/q;2*+1/p-2. The van der Waals surface area contributed by atoms with Crippen LogP contribution in [0.3, 0.4) is 0 Å². The second-order valence-electron chi connectivity index (χ2n) is 5.96. The van der Waals surface area contributed by atoms with Crippen LogP contribution in [0, 0.1) is 0 Å². The fourth-order valence-electron chi connectivity index (χ4n) is 2.09. The summed E-state index contributed by atoms with van der Waals surface area (Å²) in [4.78, 5) is 8.51. The van der Waals surface area contributed by atoms with Gasteiger partial charge in [-0.15, -0.1) is 0 Å². The smallest absolute Gasteiger partial charge is 0.723 e. The minimum Gasteiger partial charge on any atom is -0.723 e. The van der Waals surface area contributed by atoms with E-state index in [0.717, 1.165) is 21.9 Å². The van der Waals surface area contributed by atoms with Crippen LogP contribution in [0.2, 0.25) is 0 Å². The van der Waals surface area contributed by atoms with Gasteiger partial charge in [0, 0.05) is 0 Å². The van der Waals surface area contributed by atoms with Gasteiger partial charge in [0.1, 0.15) is 0 Å². The van der Waals surface area contributed by atoms with E-state index in [9.17, 15) is 10.5 Å². The average Bonchev–Trinajstić information content (AvgIpc) is 2.46. The van der Waals surface area contributed by atoms with Crippen molar-refractivity contribution in [1.29, 1.82) is 0 Å². The van der Waals surface area contributed by atoms with Crippen molar-refractivity contribution in [2.45, 2.75) is 38.9 Å². The summed E-state index contributed by atoms with van der Waals surface area (Å²) in [6.07, 6.45) is 0. The predicted molar refractivity (Wildman–Crippen MR) is 72.2 cm³/mol. The van der Waals surface area contributed by atoms with Gasteiger partial charge in [0.05, 0.1) is 11.2 Å². The monoisotopic (exact) mass is 320 g/mol. The maximum absolute atomic E-state index is 10.8. The summed E-state index contributed by atoms with van der Waals surface area (Å²) in [6, 6.07) is 11.4. The Kier molecular flexibility index (Phi) is 8.79. The van der Waals surface area contributed by atoms with E-state index in [0.29, 0.717) is 0 Å². The minimum absolute atomic E-state index is 0. The summed E-state index contributed by atoms with van der Waals surface area (Å²) in [5.41, 5.74) is -0.117. The average molecular weight is 320 g/mol. The van der Waals surface area contributed by atoms with Crippen molar-refractivity contribution in [3.63, 3.8) is 0 Å². The van der Waals surface area contributed by atoms with Crippen LogP contribution in [0.25, 0.3) is 10.8 Å². The summed E-state index contributed by atoms with van der Waals surface area (Å²) < 4.78 is 0. The maximum Gasteiger partial charge on any atom is 1.00 e. The molecule has 0 amide bonds. The molecule has 2 rings (SSSR count). The van der Waals surface area contributed by atoms with E-state index in [-0.39, 0.29) is 59.1 Å². The van der Waals surface area contributed by atoms with Gasteiger partial charge in [0.25, 0.3) is 0 Å². The molecular formula is C16H18Na2O4. The zero-order valence-corrected chi connectivity index (χ0v) is 18.1. The van der Waals surface area contributed by atoms with Gasteiger partial charge >= 0.3 is 59.1 Å². The Bertz CT molecular complexity index is 571. The molecule has 0 unspecified atom stereocenters. The summed E-state index contributed by atoms with van der Waals surface area (Å²) in [5.74, 6) is 0. The van der Waals surface area contributed by atoms with E-state index < -0.39 is 11.2 Å². The third-order valence-corrected chi connectivity index (χ3v) is 3.65. The van der Waals surface area contributed by atoms with Gasteiger partial charge in [-0.3, -0.25) is 0 Å². The molecule has 0 saturated heterocycles. The normalized spacial score (nSPS) is 11.7. The topological polar surface area (TPSA) is 64.6 Å². The Morgan fingerprint density at radius 2 is 1.00 bits per heavy atom. The zero-order valence-electron chi connectivity index (χ0n) is 14.1. The molecule has 2 aromatic carbocycles. The number of rotatable bonds is 4. The van der Waals surface area contributed by atoms with Crippen molar-refractivity contribution in [2.75, 3.05) is 0 Å². The van der Waals surface area contributed by atoms with Crippen LogP contribution in [0.1, 0.15) is 38.8 Å². The number of fused-ring (bicyclic) bond motifs is 1. The Morgan fingerprint density at radius 1 is 0.682 bits per heavy atom. The Morgan fingerprint density at radius 3 is 1.27 bits per heavy atom. The fraction of sp³-hybridized carbons (Fsp3) is 0.375. The van der Waals surface area contributed by atoms with E-state index in [1.807, 2.05) is 36.4 Å². The van der Waals surface area contributed by atoms with Gasteiger partial charge in [-0.05, 0) is 61.7 Å². The minimum atomic E-state index is -0.871. The van der Waals surface area contributed by atoms with Gasteiger partial charge in [-0.25, -0.2) is 0 Å². The van der Waals surface area contributed by atoms with E-state index in [4.69, 9.17) is 0 Å². The third-order valence-electron chi connectivity index (χ3n) is 3.65. The van der Waals surface area contributed by atoms with Crippen LogP contribution in [0.5, 0.6) is 0 Å². The van der Waals surface area contributed by atoms with E-state index in [1.54, 1.807) is 27.7 Å². The molecule has 2 aromatic rings. The first kappa shape index (κ1) is 22.5. The van der Waals surface area contributed by atoms with Crippen LogP contribution in [0.4, 0.5) is 0 Å². The van der Waals surface area contributed by atoms with Crippen molar-refractivity contribution in [2.24, 2.45) is 0 Å².